The van der Waals surface area contributed by atoms with E-state index in [9.17, 15) is 14.7 Å². The number of carbonyl (C=O) groups excluding carboxylic acids is 1. The Hall–Kier alpha value is -2.04. The molecule has 1 heterocycles. The van der Waals surface area contributed by atoms with Crippen LogP contribution < -0.4 is 4.74 Å². The molecule has 1 amide bonds. The van der Waals surface area contributed by atoms with E-state index < -0.39 is 11.9 Å². The number of amides is 1. The van der Waals surface area contributed by atoms with E-state index >= 15 is 0 Å². The fraction of sp³-hybridized carbons (Fsp3) is 0.579. The van der Waals surface area contributed by atoms with Gasteiger partial charge in [-0.25, -0.2) is 0 Å². The summed E-state index contributed by atoms with van der Waals surface area (Å²) in [6.45, 7) is 5.63. The van der Waals surface area contributed by atoms with Crippen LogP contribution in [0, 0.1) is 18.8 Å². The number of hydrogen-bond acceptors (Lipinski definition) is 3. The first-order valence-corrected chi connectivity index (χ1v) is 8.65. The molecule has 5 heteroatoms. The highest BCUT2D eigenvalue weighted by Gasteiger charge is 2.31. The lowest BCUT2D eigenvalue weighted by atomic mass is 9.90. The number of ether oxygens (including phenoxy) is 1. The Morgan fingerprint density at radius 3 is 2.79 bits per heavy atom. The number of carboxylic acid groups (broad SMARTS) is 1. The number of unbranched alkanes of at least 4 members (excludes halogenated alkanes) is 1. The van der Waals surface area contributed by atoms with Gasteiger partial charge in [-0.15, -0.1) is 0 Å². The lowest BCUT2D eigenvalue weighted by molar-refractivity contribution is -0.146. The normalized spacial score (nSPS) is 20.7. The standard InChI is InChI=1S/C19H27NO4/c1-14-6-5-7-17(11-14)24-9-4-3-8-18(21)20-12-15(2)10-16(13-20)19(22)23/h5-7,11,15-16H,3-4,8-10,12-13H2,1-2H3,(H,22,23). The fourth-order valence-corrected chi connectivity index (χ4v) is 3.17. The van der Waals surface area contributed by atoms with Crippen molar-refractivity contribution in [2.45, 2.75) is 39.5 Å². The Bertz CT molecular complexity index is 572. The van der Waals surface area contributed by atoms with Gasteiger partial charge in [-0.05, 0) is 49.8 Å². The van der Waals surface area contributed by atoms with Gasteiger partial charge in [0.05, 0.1) is 12.5 Å². The van der Waals surface area contributed by atoms with Gasteiger partial charge in [-0.2, -0.15) is 0 Å². The molecule has 0 spiro atoms. The van der Waals surface area contributed by atoms with E-state index in [1.807, 2.05) is 38.1 Å². The molecule has 1 fully saturated rings. The first-order valence-electron chi connectivity index (χ1n) is 8.65. The molecule has 0 radical (unpaired) electrons. The van der Waals surface area contributed by atoms with Gasteiger partial charge in [0.1, 0.15) is 5.75 Å². The summed E-state index contributed by atoms with van der Waals surface area (Å²) in [4.78, 5) is 25.2. The van der Waals surface area contributed by atoms with E-state index in [2.05, 4.69) is 0 Å². The summed E-state index contributed by atoms with van der Waals surface area (Å²) in [5.74, 6) is -0.0689. The molecule has 0 aliphatic carbocycles. The molecule has 1 saturated heterocycles. The Morgan fingerprint density at radius 1 is 1.29 bits per heavy atom. The summed E-state index contributed by atoms with van der Waals surface area (Å²) < 4.78 is 5.68. The second-order valence-corrected chi connectivity index (χ2v) is 6.80. The van der Waals surface area contributed by atoms with Crippen molar-refractivity contribution in [3.8, 4) is 5.75 Å². The van der Waals surface area contributed by atoms with Crippen LogP contribution in [-0.2, 0) is 9.59 Å². The van der Waals surface area contributed by atoms with E-state index in [0.717, 1.165) is 24.2 Å². The predicted octanol–water partition coefficient (Wildman–Crippen LogP) is 3.11. The molecule has 0 saturated carbocycles. The van der Waals surface area contributed by atoms with Gasteiger partial charge >= 0.3 is 5.97 Å². The Labute approximate surface area is 143 Å². The van der Waals surface area contributed by atoms with E-state index in [1.54, 1.807) is 4.90 Å². The van der Waals surface area contributed by atoms with E-state index in [-0.39, 0.29) is 11.8 Å². The van der Waals surface area contributed by atoms with Crippen LogP contribution in [0.1, 0.15) is 38.2 Å². The minimum absolute atomic E-state index is 0.0587. The minimum Gasteiger partial charge on any atom is -0.494 e. The van der Waals surface area contributed by atoms with E-state index in [1.165, 1.54) is 0 Å². The average molecular weight is 333 g/mol. The van der Waals surface area contributed by atoms with Crippen molar-refractivity contribution in [1.82, 2.24) is 4.90 Å². The third-order valence-electron chi connectivity index (χ3n) is 4.40. The molecule has 1 aliphatic heterocycles. The van der Waals surface area contributed by atoms with Crippen molar-refractivity contribution in [2.75, 3.05) is 19.7 Å². The number of piperidine rings is 1. The molecule has 0 bridgehead atoms. The molecule has 1 aliphatic rings. The molecular formula is C19H27NO4. The van der Waals surface area contributed by atoms with Gasteiger partial charge in [-0.3, -0.25) is 9.59 Å². The molecule has 0 aromatic heterocycles. The number of aryl methyl sites for hydroxylation is 1. The van der Waals surface area contributed by atoms with Crippen molar-refractivity contribution in [3.05, 3.63) is 29.8 Å². The molecule has 2 rings (SSSR count). The predicted molar refractivity (Wildman–Crippen MR) is 92.0 cm³/mol. The molecule has 1 N–H and O–H groups in total. The largest absolute Gasteiger partial charge is 0.494 e. The van der Waals surface area contributed by atoms with E-state index in [4.69, 9.17) is 4.74 Å². The van der Waals surface area contributed by atoms with E-state index in [0.29, 0.717) is 32.5 Å². The Morgan fingerprint density at radius 2 is 2.08 bits per heavy atom. The SMILES string of the molecule is Cc1cccc(OCCCCC(=O)N2CC(C)CC(C(=O)O)C2)c1. The maximum atomic E-state index is 12.3. The molecule has 1 aromatic rings. The molecule has 2 atom stereocenters. The Balaban J connectivity index is 1.68. The average Bonchev–Trinajstić information content (AvgIpc) is 2.53. The van der Waals surface area contributed by atoms with Gasteiger partial charge in [0, 0.05) is 19.5 Å². The monoisotopic (exact) mass is 333 g/mol. The number of nitrogens with zero attached hydrogens (tertiary/aromatic N) is 1. The van der Waals surface area contributed by atoms with Crippen LogP contribution in [-0.4, -0.2) is 41.6 Å². The summed E-state index contributed by atoms with van der Waals surface area (Å²) >= 11 is 0. The van der Waals surface area contributed by atoms with Crippen molar-refractivity contribution >= 4 is 11.9 Å². The highest BCUT2D eigenvalue weighted by atomic mass is 16.5. The number of carboxylic acids is 1. The third-order valence-corrected chi connectivity index (χ3v) is 4.40. The van der Waals surface area contributed by atoms with Gasteiger partial charge in [0.15, 0.2) is 0 Å². The molecular weight excluding hydrogens is 306 g/mol. The summed E-state index contributed by atoms with van der Waals surface area (Å²) in [5.41, 5.74) is 1.16. The summed E-state index contributed by atoms with van der Waals surface area (Å²) in [5, 5.41) is 9.17. The van der Waals surface area contributed by atoms with Gasteiger partial charge in [0.2, 0.25) is 5.91 Å². The molecule has 5 nitrogen and oxygen atoms in total. The van der Waals surface area contributed by atoms with Crippen LogP contribution in [0.15, 0.2) is 24.3 Å². The number of likely N-dealkylation sites (tertiary alicyclic amines) is 1. The Kier molecular flexibility index (Phi) is 6.64. The zero-order chi connectivity index (χ0) is 17.5. The number of rotatable bonds is 7. The van der Waals surface area contributed by atoms with Crippen molar-refractivity contribution < 1.29 is 19.4 Å². The summed E-state index contributed by atoms with van der Waals surface area (Å²) in [6.07, 6.45) is 2.68. The van der Waals surface area contributed by atoms with Crippen molar-refractivity contribution in [3.63, 3.8) is 0 Å². The molecule has 132 valence electrons. The molecule has 1 aromatic carbocycles. The summed E-state index contributed by atoms with van der Waals surface area (Å²) in [6, 6.07) is 7.91. The highest BCUT2D eigenvalue weighted by Crippen LogP contribution is 2.22. The quantitative estimate of drug-likeness (QED) is 0.779. The van der Waals surface area contributed by atoms with Crippen LogP contribution in [0.2, 0.25) is 0 Å². The smallest absolute Gasteiger partial charge is 0.308 e. The second-order valence-electron chi connectivity index (χ2n) is 6.80. The van der Waals surface area contributed by atoms with Gasteiger partial charge in [-0.1, -0.05) is 19.1 Å². The lowest BCUT2D eigenvalue weighted by Crippen LogP contribution is -2.45. The van der Waals surface area contributed by atoms with Crippen LogP contribution in [0.4, 0.5) is 0 Å². The molecule has 24 heavy (non-hydrogen) atoms. The van der Waals surface area contributed by atoms with Gasteiger partial charge < -0.3 is 14.7 Å². The lowest BCUT2D eigenvalue weighted by Gasteiger charge is -2.34. The van der Waals surface area contributed by atoms with Crippen molar-refractivity contribution in [2.24, 2.45) is 11.8 Å². The first kappa shape index (κ1) is 18.3. The number of benzene rings is 1. The minimum atomic E-state index is -0.800. The second kappa shape index (κ2) is 8.71. The van der Waals surface area contributed by atoms with Gasteiger partial charge in [0.25, 0.3) is 0 Å². The van der Waals surface area contributed by atoms with Crippen LogP contribution >= 0.6 is 0 Å². The number of aliphatic carboxylic acids is 1. The number of hydrogen-bond donors (Lipinski definition) is 1. The zero-order valence-electron chi connectivity index (χ0n) is 14.5. The van der Waals surface area contributed by atoms with Crippen molar-refractivity contribution in [1.29, 1.82) is 0 Å². The summed E-state index contributed by atoms with van der Waals surface area (Å²) in [7, 11) is 0. The third kappa shape index (κ3) is 5.55. The topological polar surface area (TPSA) is 66.8 Å². The maximum Gasteiger partial charge on any atom is 0.308 e. The highest BCUT2D eigenvalue weighted by molar-refractivity contribution is 5.78. The zero-order valence-corrected chi connectivity index (χ0v) is 14.5. The number of carbonyl (C=O) groups is 2. The fourth-order valence-electron chi connectivity index (χ4n) is 3.17. The maximum absolute atomic E-state index is 12.3. The van der Waals surface area contributed by atoms with Crippen LogP contribution in [0.25, 0.3) is 0 Å². The van der Waals surface area contributed by atoms with Crippen LogP contribution in [0.5, 0.6) is 5.75 Å². The molecule has 2 unspecified atom stereocenters. The van der Waals surface area contributed by atoms with Crippen LogP contribution in [0.3, 0.4) is 0 Å². The first-order chi connectivity index (χ1) is 11.5.